The Morgan fingerprint density at radius 3 is 2.56 bits per heavy atom. The molecule has 0 fully saturated rings. The van der Waals surface area contributed by atoms with Gasteiger partial charge in [0.1, 0.15) is 30.6 Å². The van der Waals surface area contributed by atoms with E-state index in [2.05, 4.69) is 15.2 Å². The molecule has 4 aromatic rings. The minimum absolute atomic E-state index is 0.0717. The Labute approximate surface area is 183 Å². The molecule has 3 atom stereocenters. The second kappa shape index (κ2) is 9.23. The zero-order valence-corrected chi connectivity index (χ0v) is 17.2. The first kappa shape index (κ1) is 21.6. The highest BCUT2D eigenvalue weighted by Gasteiger charge is 2.29. The molecule has 9 heteroatoms. The molecule has 0 unspecified atom stereocenters. The van der Waals surface area contributed by atoms with E-state index in [4.69, 9.17) is 4.74 Å². The van der Waals surface area contributed by atoms with E-state index in [1.165, 1.54) is 11.0 Å². The molecule has 32 heavy (non-hydrogen) atoms. The molecule has 2 aromatic heterocycles. The lowest BCUT2D eigenvalue weighted by Crippen LogP contribution is -2.36. The van der Waals surface area contributed by atoms with Crippen molar-refractivity contribution < 1.29 is 24.9 Å². The Balaban J connectivity index is 1.41. The third-order valence-electron chi connectivity index (χ3n) is 4.97. The number of nitrogens with zero attached hydrogens (tertiary/aromatic N) is 4. The van der Waals surface area contributed by atoms with Crippen LogP contribution in [0.4, 0.5) is 0 Å². The summed E-state index contributed by atoms with van der Waals surface area (Å²) in [5, 5.41) is 39.9. The predicted molar refractivity (Wildman–Crippen MR) is 115 cm³/mol. The van der Waals surface area contributed by atoms with Crippen molar-refractivity contribution in [3.8, 4) is 5.69 Å². The van der Waals surface area contributed by atoms with Crippen LogP contribution in [0.25, 0.3) is 16.6 Å². The van der Waals surface area contributed by atoms with Crippen LogP contribution in [-0.4, -0.2) is 60.1 Å². The SMILES string of the molecule is Cc1cc(C(=O)OC[C@H](O)[C@H](O)[C@@H](O)c2cnn(-c3ccccc3)n2)c2ccccc2n1. The second-order valence-electron chi connectivity index (χ2n) is 7.32. The average molecular weight is 434 g/mol. The van der Waals surface area contributed by atoms with Gasteiger partial charge in [0.15, 0.2) is 0 Å². The highest BCUT2D eigenvalue weighted by Crippen LogP contribution is 2.21. The van der Waals surface area contributed by atoms with Crippen molar-refractivity contribution in [3.63, 3.8) is 0 Å². The zero-order valence-electron chi connectivity index (χ0n) is 17.2. The van der Waals surface area contributed by atoms with Crippen molar-refractivity contribution in [2.45, 2.75) is 25.2 Å². The Kier molecular flexibility index (Phi) is 6.22. The molecule has 0 amide bonds. The van der Waals surface area contributed by atoms with Crippen molar-refractivity contribution in [1.82, 2.24) is 20.0 Å². The Hall–Kier alpha value is -3.66. The average Bonchev–Trinajstić information content (AvgIpc) is 3.31. The van der Waals surface area contributed by atoms with Gasteiger partial charge in [0.25, 0.3) is 0 Å². The molecule has 0 spiro atoms. The van der Waals surface area contributed by atoms with Crippen LogP contribution in [0.5, 0.6) is 0 Å². The molecule has 164 valence electrons. The fourth-order valence-electron chi connectivity index (χ4n) is 3.30. The number of hydrogen-bond donors (Lipinski definition) is 3. The third-order valence-corrected chi connectivity index (χ3v) is 4.97. The van der Waals surface area contributed by atoms with Crippen LogP contribution in [0.3, 0.4) is 0 Å². The van der Waals surface area contributed by atoms with E-state index in [9.17, 15) is 20.1 Å². The number of para-hydroxylation sites is 2. The molecule has 3 N–H and O–H groups in total. The molecule has 0 saturated carbocycles. The van der Waals surface area contributed by atoms with E-state index >= 15 is 0 Å². The van der Waals surface area contributed by atoms with Crippen molar-refractivity contribution in [1.29, 1.82) is 0 Å². The number of aryl methyl sites for hydroxylation is 1. The van der Waals surface area contributed by atoms with Gasteiger partial charge in [-0.2, -0.15) is 15.0 Å². The van der Waals surface area contributed by atoms with Gasteiger partial charge in [-0.25, -0.2) is 4.79 Å². The monoisotopic (exact) mass is 434 g/mol. The number of rotatable bonds is 7. The molecular weight excluding hydrogens is 412 g/mol. The summed E-state index contributed by atoms with van der Waals surface area (Å²) in [5.41, 5.74) is 2.35. The van der Waals surface area contributed by atoms with Crippen LogP contribution in [0.2, 0.25) is 0 Å². The van der Waals surface area contributed by atoms with E-state index < -0.39 is 30.9 Å². The lowest BCUT2D eigenvalue weighted by Gasteiger charge is -2.21. The summed E-state index contributed by atoms with van der Waals surface area (Å²) in [4.78, 5) is 18.3. The molecule has 2 heterocycles. The number of carbonyl (C=O) groups is 1. The largest absolute Gasteiger partial charge is 0.459 e. The van der Waals surface area contributed by atoms with E-state index in [0.717, 1.165) is 0 Å². The smallest absolute Gasteiger partial charge is 0.338 e. The van der Waals surface area contributed by atoms with Crippen LogP contribution in [-0.2, 0) is 4.74 Å². The summed E-state index contributed by atoms with van der Waals surface area (Å²) >= 11 is 0. The Morgan fingerprint density at radius 1 is 1.06 bits per heavy atom. The van der Waals surface area contributed by atoms with Gasteiger partial charge in [-0.05, 0) is 31.2 Å². The molecule has 0 saturated heterocycles. The maximum absolute atomic E-state index is 12.6. The van der Waals surface area contributed by atoms with Crippen molar-refractivity contribution in [3.05, 3.63) is 83.8 Å². The van der Waals surface area contributed by atoms with Crippen LogP contribution >= 0.6 is 0 Å². The molecule has 9 nitrogen and oxygen atoms in total. The number of esters is 1. The quantitative estimate of drug-likeness (QED) is 0.375. The summed E-state index contributed by atoms with van der Waals surface area (Å²) in [7, 11) is 0. The van der Waals surface area contributed by atoms with Gasteiger partial charge in [-0.1, -0.05) is 36.4 Å². The Bertz CT molecular complexity index is 1230. The van der Waals surface area contributed by atoms with Gasteiger partial charge in [0.2, 0.25) is 0 Å². The number of fused-ring (bicyclic) bond motifs is 1. The van der Waals surface area contributed by atoms with Crippen LogP contribution in [0, 0.1) is 6.92 Å². The number of pyridine rings is 1. The predicted octanol–water partition coefficient (Wildman–Crippen LogP) is 1.74. The van der Waals surface area contributed by atoms with Crippen molar-refractivity contribution in [2.24, 2.45) is 0 Å². The molecule has 0 aliphatic rings. The number of aliphatic hydroxyl groups excluding tert-OH is 3. The molecule has 0 bridgehead atoms. The summed E-state index contributed by atoms with van der Waals surface area (Å²) in [6.45, 7) is 1.25. The van der Waals surface area contributed by atoms with Crippen LogP contribution < -0.4 is 0 Å². The number of hydrogen-bond acceptors (Lipinski definition) is 8. The third kappa shape index (κ3) is 4.50. The van der Waals surface area contributed by atoms with Gasteiger partial charge in [-0.15, -0.1) is 0 Å². The van der Waals surface area contributed by atoms with E-state index in [-0.39, 0.29) is 5.69 Å². The molecule has 0 aliphatic carbocycles. The summed E-state index contributed by atoms with van der Waals surface area (Å²) in [5.74, 6) is -0.664. The molecule has 0 aliphatic heterocycles. The zero-order chi connectivity index (χ0) is 22.7. The van der Waals surface area contributed by atoms with Gasteiger partial charge < -0.3 is 20.1 Å². The number of aliphatic hydroxyl groups is 3. The second-order valence-corrected chi connectivity index (χ2v) is 7.32. The standard InChI is InChI=1S/C23H22N4O5/c1-14-11-17(16-9-5-6-10-18(16)25-14)23(31)32-13-20(28)22(30)21(29)19-12-24-27(26-19)15-7-3-2-4-8-15/h2-12,20-22,28-30H,13H2,1H3/t20-,21-,22-/m0/s1. The normalized spacial score (nSPS) is 14.1. The molecule has 0 radical (unpaired) electrons. The summed E-state index contributed by atoms with van der Waals surface area (Å²) < 4.78 is 5.21. The molecule has 4 rings (SSSR count). The number of aromatic nitrogens is 4. The first-order chi connectivity index (χ1) is 15.4. The minimum Gasteiger partial charge on any atom is -0.459 e. The van der Waals surface area contributed by atoms with Crippen LogP contribution in [0.15, 0.2) is 66.9 Å². The van der Waals surface area contributed by atoms with Gasteiger partial charge >= 0.3 is 5.97 Å². The molecule has 2 aromatic carbocycles. The minimum atomic E-state index is -1.64. The number of carbonyl (C=O) groups excluding carboxylic acids is 1. The summed E-state index contributed by atoms with van der Waals surface area (Å²) in [6, 6.07) is 17.8. The highest BCUT2D eigenvalue weighted by atomic mass is 16.5. The lowest BCUT2D eigenvalue weighted by atomic mass is 10.1. The van der Waals surface area contributed by atoms with Gasteiger partial charge in [-0.3, -0.25) is 4.98 Å². The van der Waals surface area contributed by atoms with E-state index in [1.807, 2.05) is 24.3 Å². The van der Waals surface area contributed by atoms with E-state index in [0.29, 0.717) is 27.8 Å². The fourth-order valence-corrected chi connectivity index (χ4v) is 3.30. The number of ether oxygens (including phenoxy) is 1. The number of benzene rings is 2. The lowest BCUT2D eigenvalue weighted by molar-refractivity contribution is -0.0824. The van der Waals surface area contributed by atoms with E-state index in [1.54, 1.807) is 43.3 Å². The Morgan fingerprint density at radius 2 is 1.78 bits per heavy atom. The topological polar surface area (TPSA) is 131 Å². The summed E-state index contributed by atoms with van der Waals surface area (Å²) in [6.07, 6.45) is -3.40. The maximum Gasteiger partial charge on any atom is 0.338 e. The van der Waals surface area contributed by atoms with Crippen LogP contribution in [0.1, 0.15) is 27.8 Å². The molecular formula is C23H22N4O5. The van der Waals surface area contributed by atoms with Gasteiger partial charge in [0.05, 0.1) is 23.0 Å². The maximum atomic E-state index is 12.6. The highest BCUT2D eigenvalue weighted by molar-refractivity contribution is 6.03. The first-order valence-corrected chi connectivity index (χ1v) is 9.99. The van der Waals surface area contributed by atoms with Gasteiger partial charge in [0, 0.05) is 11.1 Å². The first-order valence-electron chi connectivity index (χ1n) is 9.99. The van der Waals surface area contributed by atoms with Crippen molar-refractivity contribution >= 4 is 16.9 Å². The van der Waals surface area contributed by atoms with Crippen molar-refractivity contribution in [2.75, 3.05) is 6.61 Å². The fraction of sp³-hybridized carbons (Fsp3) is 0.217.